The largest absolute Gasteiger partial charge is 0.389 e. The fourth-order valence-electron chi connectivity index (χ4n) is 3.94. The van der Waals surface area contributed by atoms with Crippen molar-refractivity contribution >= 4 is 17.8 Å². The highest BCUT2D eigenvalue weighted by molar-refractivity contribution is 5.91. The smallest absolute Gasteiger partial charge is 0.328 e. The summed E-state index contributed by atoms with van der Waals surface area (Å²) in [4.78, 5) is 33.7. The number of nitrogens with one attached hydrogen (secondary N) is 3. The fourth-order valence-corrected chi connectivity index (χ4v) is 3.94. The Morgan fingerprint density at radius 2 is 2.30 bits per heavy atom. The zero-order valence-corrected chi connectivity index (χ0v) is 16.7. The van der Waals surface area contributed by atoms with Crippen LogP contribution >= 0.6 is 0 Å². The number of carbonyl (C=O) groups excluding carboxylic acids is 2. The second kappa shape index (κ2) is 8.72. The SMILES string of the molecule is COCC(O)CNC(=O)C1C=CC2=C(N1)N(C(=O)Nc1ccccn1)[C@H]1CCN2C1. The van der Waals surface area contributed by atoms with Gasteiger partial charge in [-0.1, -0.05) is 12.1 Å². The molecule has 1 aromatic heterocycles. The van der Waals surface area contributed by atoms with Gasteiger partial charge in [0, 0.05) is 32.9 Å². The van der Waals surface area contributed by atoms with Gasteiger partial charge in [0.05, 0.1) is 24.4 Å². The second-order valence-electron chi connectivity index (χ2n) is 7.47. The highest BCUT2D eigenvalue weighted by Gasteiger charge is 2.42. The number of urea groups is 1. The van der Waals surface area contributed by atoms with Gasteiger partial charge in [-0.25, -0.2) is 9.78 Å². The van der Waals surface area contributed by atoms with Gasteiger partial charge in [0.2, 0.25) is 5.91 Å². The van der Waals surface area contributed by atoms with Crippen LogP contribution in [0.15, 0.2) is 48.1 Å². The first-order chi connectivity index (χ1) is 14.6. The molecule has 0 spiro atoms. The van der Waals surface area contributed by atoms with Crippen LogP contribution in [0.1, 0.15) is 6.42 Å². The normalized spacial score (nSPS) is 23.0. The molecule has 10 heteroatoms. The first kappa shape index (κ1) is 20.2. The molecule has 3 aliphatic heterocycles. The number of dihydropyridines is 1. The van der Waals surface area contributed by atoms with Gasteiger partial charge in [-0.15, -0.1) is 0 Å². The van der Waals surface area contributed by atoms with E-state index in [-0.39, 0.29) is 31.1 Å². The van der Waals surface area contributed by atoms with Crippen molar-refractivity contribution in [1.29, 1.82) is 0 Å². The van der Waals surface area contributed by atoms with Crippen molar-refractivity contribution in [3.05, 3.63) is 48.1 Å². The Hall–Kier alpha value is -3.11. The van der Waals surface area contributed by atoms with Gasteiger partial charge >= 0.3 is 6.03 Å². The summed E-state index contributed by atoms with van der Waals surface area (Å²) in [6.45, 7) is 1.83. The van der Waals surface area contributed by atoms with E-state index in [1.807, 2.05) is 6.08 Å². The number of aliphatic hydroxyl groups excluding tert-OH is 1. The Morgan fingerprint density at radius 3 is 3.07 bits per heavy atom. The number of anilines is 1. The Bertz CT molecular complexity index is 858. The molecule has 10 nitrogen and oxygen atoms in total. The predicted octanol–water partition coefficient (Wildman–Crippen LogP) is -0.176. The summed E-state index contributed by atoms with van der Waals surface area (Å²) in [6.07, 6.45) is 5.33. The standard InChI is InChI=1S/C20H26N6O4/c1-30-12-14(27)10-22-19(28)15-5-6-16-18(23-15)26(13-7-9-25(16)11-13)20(29)24-17-4-2-3-8-21-17/h2-6,8,13-15,23,27H,7,9-12H2,1H3,(H,22,28)(H,21,24,29)/t13-,14?,15?/m0/s1. The van der Waals surface area contributed by atoms with Gasteiger partial charge in [-0.3, -0.25) is 15.0 Å². The number of carbonyl (C=O) groups is 2. The molecule has 160 valence electrons. The molecular weight excluding hydrogens is 388 g/mol. The van der Waals surface area contributed by atoms with Crippen molar-refractivity contribution in [3.63, 3.8) is 0 Å². The highest BCUT2D eigenvalue weighted by Crippen LogP contribution is 2.33. The number of aliphatic hydroxyl groups is 1. The molecule has 0 radical (unpaired) electrons. The number of hydrogen-bond donors (Lipinski definition) is 4. The van der Waals surface area contributed by atoms with Gasteiger partial charge in [-0.05, 0) is 24.6 Å². The maximum atomic E-state index is 13.1. The number of pyridine rings is 1. The van der Waals surface area contributed by atoms with Crippen molar-refractivity contribution < 1.29 is 19.4 Å². The topological polar surface area (TPSA) is 119 Å². The third-order valence-corrected chi connectivity index (χ3v) is 5.36. The summed E-state index contributed by atoms with van der Waals surface area (Å²) < 4.78 is 4.87. The molecule has 2 unspecified atom stereocenters. The third-order valence-electron chi connectivity index (χ3n) is 5.36. The minimum Gasteiger partial charge on any atom is -0.389 e. The van der Waals surface area contributed by atoms with E-state index in [0.29, 0.717) is 11.6 Å². The summed E-state index contributed by atoms with van der Waals surface area (Å²) >= 11 is 0. The molecule has 4 rings (SSSR count). The van der Waals surface area contributed by atoms with E-state index < -0.39 is 12.1 Å². The van der Waals surface area contributed by atoms with Gasteiger partial charge in [-0.2, -0.15) is 0 Å². The summed E-state index contributed by atoms with van der Waals surface area (Å²) in [6, 6.07) is 4.40. The lowest BCUT2D eigenvalue weighted by Gasteiger charge is -2.40. The highest BCUT2D eigenvalue weighted by atomic mass is 16.5. The Morgan fingerprint density at radius 1 is 1.43 bits per heavy atom. The number of rotatable bonds is 6. The molecule has 4 heterocycles. The minimum absolute atomic E-state index is 0.0127. The van der Waals surface area contributed by atoms with E-state index in [4.69, 9.17) is 4.74 Å². The van der Waals surface area contributed by atoms with E-state index in [2.05, 4.69) is 25.8 Å². The molecule has 3 aliphatic rings. The number of aromatic nitrogens is 1. The first-order valence-electron chi connectivity index (χ1n) is 9.96. The lowest BCUT2D eigenvalue weighted by Crippen LogP contribution is -2.56. The molecule has 3 atom stereocenters. The number of hydrogen-bond acceptors (Lipinski definition) is 7. The van der Waals surface area contributed by atoms with E-state index in [9.17, 15) is 14.7 Å². The Balaban J connectivity index is 1.48. The summed E-state index contributed by atoms with van der Waals surface area (Å²) in [7, 11) is 1.49. The lowest BCUT2D eigenvalue weighted by molar-refractivity contribution is -0.122. The van der Waals surface area contributed by atoms with Crippen molar-refractivity contribution in [2.24, 2.45) is 0 Å². The average molecular weight is 414 g/mol. The minimum atomic E-state index is -0.779. The lowest BCUT2D eigenvalue weighted by atomic mass is 10.1. The number of ether oxygens (including phenoxy) is 1. The summed E-state index contributed by atoms with van der Waals surface area (Å²) in [5.74, 6) is 0.793. The number of nitrogens with zero attached hydrogens (tertiary/aromatic N) is 3. The van der Waals surface area contributed by atoms with E-state index >= 15 is 0 Å². The van der Waals surface area contributed by atoms with Gasteiger partial charge in [0.25, 0.3) is 0 Å². The zero-order valence-electron chi connectivity index (χ0n) is 16.7. The fraction of sp³-hybridized carbons (Fsp3) is 0.450. The van der Waals surface area contributed by atoms with Crippen LogP contribution < -0.4 is 16.0 Å². The van der Waals surface area contributed by atoms with Crippen molar-refractivity contribution in [2.45, 2.75) is 24.6 Å². The van der Waals surface area contributed by atoms with Crippen LogP contribution in [0.4, 0.5) is 10.6 Å². The van der Waals surface area contributed by atoms with Crippen LogP contribution in [0.2, 0.25) is 0 Å². The summed E-state index contributed by atoms with van der Waals surface area (Å²) in [5.41, 5.74) is 0.892. The van der Waals surface area contributed by atoms with Crippen molar-refractivity contribution in [1.82, 2.24) is 25.4 Å². The maximum Gasteiger partial charge on any atom is 0.328 e. The monoisotopic (exact) mass is 414 g/mol. The zero-order chi connectivity index (χ0) is 21.1. The average Bonchev–Trinajstić information content (AvgIpc) is 3.17. The van der Waals surface area contributed by atoms with Gasteiger partial charge in [0.15, 0.2) is 0 Å². The van der Waals surface area contributed by atoms with Crippen LogP contribution in [-0.2, 0) is 9.53 Å². The van der Waals surface area contributed by atoms with Crippen LogP contribution in [-0.4, -0.2) is 83.4 Å². The molecule has 4 N–H and O–H groups in total. The predicted molar refractivity (Wildman–Crippen MR) is 109 cm³/mol. The Kier molecular flexibility index (Phi) is 5.86. The molecular formula is C20H26N6O4. The number of fused-ring (bicyclic) bond motifs is 3. The second-order valence-corrected chi connectivity index (χ2v) is 7.47. The van der Waals surface area contributed by atoms with Crippen molar-refractivity contribution in [2.75, 3.05) is 38.7 Å². The van der Waals surface area contributed by atoms with E-state index in [1.54, 1.807) is 35.4 Å². The van der Waals surface area contributed by atoms with E-state index in [1.165, 1.54) is 7.11 Å². The number of amides is 3. The number of methoxy groups -OCH3 is 1. The maximum absolute atomic E-state index is 13.1. The summed E-state index contributed by atoms with van der Waals surface area (Å²) in [5, 5.41) is 18.5. The molecule has 0 saturated carbocycles. The third kappa shape index (κ3) is 4.10. The molecule has 1 saturated heterocycles. The van der Waals surface area contributed by atoms with Crippen LogP contribution in [0.25, 0.3) is 0 Å². The van der Waals surface area contributed by atoms with E-state index in [0.717, 1.165) is 25.2 Å². The molecule has 2 bridgehead atoms. The molecule has 0 aromatic carbocycles. The molecule has 30 heavy (non-hydrogen) atoms. The van der Waals surface area contributed by atoms with Crippen LogP contribution in [0, 0.1) is 0 Å². The van der Waals surface area contributed by atoms with Crippen LogP contribution in [0.5, 0.6) is 0 Å². The molecule has 1 fully saturated rings. The number of allylic oxidation sites excluding steroid dienone is 1. The molecule has 0 aliphatic carbocycles. The molecule has 1 aromatic rings. The first-order valence-corrected chi connectivity index (χ1v) is 9.96. The van der Waals surface area contributed by atoms with Crippen molar-refractivity contribution in [3.8, 4) is 0 Å². The van der Waals surface area contributed by atoms with Gasteiger partial charge in [0.1, 0.15) is 17.7 Å². The Labute approximate surface area is 174 Å². The quantitative estimate of drug-likeness (QED) is 0.510. The molecule has 3 amide bonds. The van der Waals surface area contributed by atoms with Gasteiger partial charge < -0.3 is 25.4 Å². The van der Waals surface area contributed by atoms with Crippen LogP contribution in [0.3, 0.4) is 0 Å².